The number of quaternary nitrogens is 1. The third kappa shape index (κ3) is 4.83. The highest BCUT2D eigenvalue weighted by Crippen LogP contribution is 2.26. The SMILES string of the molecule is CC(C)(C)OC(=O)N1C[C@@H]([N+](C)(C)C)C[C@@H]1C(=O)O.[Cl-]. The first-order chi connectivity index (χ1) is 8.42. The lowest BCUT2D eigenvalue weighted by atomic mass is 10.1. The van der Waals surface area contributed by atoms with E-state index in [1.54, 1.807) is 20.8 Å². The number of rotatable bonds is 2. The number of ether oxygens (including phenoxy) is 1. The number of likely N-dealkylation sites (tertiary alicyclic amines) is 1. The number of carbonyl (C=O) groups is 2. The minimum Gasteiger partial charge on any atom is -1.00 e. The molecule has 0 aromatic rings. The fraction of sp³-hybridized carbons (Fsp3) is 0.846. The average Bonchev–Trinajstić information content (AvgIpc) is 2.57. The number of carbonyl (C=O) groups excluding carboxylic acids is 1. The molecule has 1 amide bonds. The van der Waals surface area contributed by atoms with Gasteiger partial charge in [0.2, 0.25) is 0 Å². The van der Waals surface area contributed by atoms with Gasteiger partial charge in [-0.1, -0.05) is 0 Å². The lowest BCUT2D eigenvalue weighted by molar-refractivity contribution is -0.893. The van der Waals surface area contributed by atoms with Gasteiger partial charge in [-0.05, 0) is 20.8 Å². The molecule has 0 aliphatic carbocycles. The fourth-order valence-electron chi connectivity index (χ4n) is 2.13. The van der Waals surface area contributed by atoms with Crippen molar-refractivity contribution < 1.29 is 36.3 Å². The highest BCUT2D eigenvalue weighted by Gasteiger charge is 2.46. The minimum atomic E-state index is -0.971. The smallest absolute Gasteiger partial charge is 0.411 e. The van der Waals surface area contributed by atoms with Crippen LogP contribution in [0.3, 0.4) is 0 Å². The van der Waals surface area contributed by atoms with Crippen molar-refractivity contribution in [3.8, 4) is 0 Å². The van der Waals surface area contributed by atoms with Crippen LogP contribution >= 0.6 is 0 Å². The Balaban J connectivity index is 0.00000361. The van der Waals surface area contributed by atoms with Crippen LogP contribution in [0.2, 0.25) is 0 Å². The van der Waals surface area contributed by atoms with Crippen LogP contribution < -0.4 is 12.4 Å². The summed E-state index contributed by atoms with van der Waals surface area (Å²) < 4.78 is 5.91. The van der Waals surface area contributed by atoms with E-state index in [0.717, 1.165) is 0 Å². The van der Waals surface area contributed by atoms with Gasteiger partial charge in [-0.15, -0.1) is 0 Å². The lowest BCUT2D eigenvalue weighted by Crippen LogP contribution is -3.00. The van der Waals surface area contributed by atoms with E-state index in [-0.39, 0.29) is 18.4 Å². The maximum absolute atomic E-state index is 12.1. The van der Waals surface area contributed by atoms with E-state index in [4.69, 9.17) is 4.74 Å². The zero-order valence-corrected chi connectivity index (χ0v) is 13.8. The second-order valence-electron chi connectivity index (χ2n) is 6.99. The maximum atomic E-state index is 12.1. The number of hydrogen-bond acceptors (Lipinski definition) is 3. The molecule has 118 valence electrons. The molecule has 0 bridgehead atoms. The second kappa shape index (κ2) is 6.18. The molecular weight excluding hydrogens is 284 g/mol. The fourth-order valence-corrected chi connectivity index (χ4v) is 2.13. The van der Waals surface area contributed by atoms with Crippen LogP contribution in [-0.2, 0) is 9.53 Å². The molecule has 0 radical (unpaired) electrons. The Hall–Kier alpha value is -1.01. The van der Waals surface area contributed by atoms with Crippen molar-refractivity contribution in [1.82, 2.24) is 4.90 Å². The Morgan fingerprint density at radius 2 is 1.75 bits per heavy atom. The Labute approximate surface area is 126 Å². The standard InChI is InChI=1S/C13H24N2O4.ClH/c1-13(2,3)19-12(18)14-8-9(15(4,5)6)7-10(14)11(16)17;/h9-10H,7-8H2,1-6H3;1H/t9-,10+;/m0./s1. The zero-order chi connectivity index (χ0) is 15.0. The number of hydrogen-bond donors (Lipinski definition) is 1. The Morgan fingerprint density at radius 3 is 2.10 bits per heavy atom. The quantitative estimate of drug-likeness (QED) is 0.609. The van der Waals surface area contributed by atoms with E-state index in [2.05, 4.69) is 0 Å². The third-order valence-electron chi connectivity index (χ3n) is 3.29. The van der Waals surface area contributed by atoms with Gasteiger partial charge in [0.1, 0.15) is 17.7 Å². The van der Waals surface area contributed by atoms with E-state index in [9.17, 15) is 14.7 Å². The van der Waals surface area contributed by atoms with E-state index < -0.39 is 23.7 Å². The van der Waals surface area contributed by atoms with Crippen molar-refractivity contribution in [2.75, 3.05) is 27.7 Å². The van der Waals surface area contributed by atoms with Gasteiger partial charge in [-0.2, -0.15) is 0 Å². The normalized spacial score (nSPS) is 23.2. The molecule has 20 heavy (non-hydrogen) atoms. The van der Waals surface area contributed by atoms with Crippen LogP contribution in [0.15, 0.2) is 0 Å². The number of likely N-dealkylation sites (N-methyl/N-ethyl adjacent to an activating group) is 1. The molecule has 7 heteroatoms. The van der Waals surface area contributed by atoms with Crippen molar-refractivity contribution in [2.45, 2.75) is 44.9 Å². The molecule has 0 unspecified atom stereocenters. The Morgan fingerprint density at radius 1 is 1.25 bits per heavy atom. The molecule has 1 fully saturated rings. The molecule has 0 aromatic heterocycles. The number of nitrogens with zero attached hydrogens (tertiary/aromatic N) is 2. The molecule has 6 nitrogen and oxygen atoms in total. The largest absolute Gasteiger partial charge is 1.00 e. The number of carboxylic acid groups (broad SMARTS) is 1. The first-order valence-corrected chi connectivity index (χ1v) is 6.45. The Kier molecular flexibility index (Phi) is 5.87. The molecule has 1 aliphatic rings. The van der Waals surface area contributed by atoms with Crippen molar-refractivity contribution in [3.05, 3.63) is 0 Å². The molecule has 1 aliphatic heterocycles. The van der Waals surface area contributed by atoms with Crippen LogP contribution in [0, 0.1) is 0 Å². The van der Waals surface area contributed by atoms with E-state index in [1.165, 1.54) is 4.90 Å². The minimum absolute atomic E-state index is 0. The highest BCUT2D eigenvalue weighted by molar-refractivity contribution is 5.81. The molecule has 0 saturated carbocycles. The van der Waals surface area contributed by atoms with Crippen LogP contribution in [0.5, 0.6) is 0 Å². The number of amides is 1. The molecule has 1 N–H and O–H groups in total. The summed E-state index contributed by atoms with van der Waals surface area (Å²) in [7, 11) is 6.01. The van der Waals surface area contributed by atoms with Crippen molar-refractivity contribution >= 4 is 12.1 Å². The predicted octanol–water partition coefficient (Wildman–Crippen LogP) is -1.84. The summed E-state index contributed by atoms with van der Waals surface area (Å²) >= 11 is 0. The highest BCUT2D eigenvalue weighted by atomic mass is 35.5. The summed E-state index contributed by atoms with van der Waals surface area (Å²) in [6.45, 7) is 5.73. The number of halogens is 1. The van der Waals surface area contributed by atoms with E-state index >= 15 is 0 Å². The molecule has 0 spiro atoms. The van der Waals surface area contributed by atoms with Gasteiger partial charge in [0, 0.05) is 6.42 Å². The van der Waals surface area contributed by atoms with Crippen molar-refractivity contribution in [2.24, 2.45) is 0 Å². The summed E-state index contributed by atoms with van der Waals surface area (Å²) in [6, 6.07) is -0.689. The summed E-state index contributed by atoms with van der Waals surface area (Å²) in [5, 5.41) is 9.26. The van der Waals surface area contributed by atoms with E-state index in [0.29, 0.717) is 17.4 Å². The first-order valence-electron chi connectivity index (χ1n) is 6.45. The molecule has 2 atom stereocenters. The summed E-state index contributed by atoms with van der Waals surface area (Å²) in [5.74, 6) is -0.971. The zero-order valence-electron chi connectivity index (χ0n) is 13.0. The third-order valence-corrected chi connectivity index (χ3v) is 3.29. The monoisotopic (exact) mass is 308 g/mol. The van der Waals surface area contributed by atoms with Gasteiger partial charge in [0.15, 0.2) is 0 Å². The average molecular weight is 309 g/mol. The van der Waals surface area contributed by atoms with Crippen LogP contribution in [-0.4, -0.2) is 71.9 Å². The van der Waals surface area contributed by atoms with E-state index in [1.807, 2.05) is 21.1 Å². The van der Waals surface area contributed by atoms with Crippen molar-refractivity contribution in [3.63, 3.8) is 0 Å². The van der Waals surface area contributed by atoms with Gasteiger partial charge in [0.25, 0.3) is 0 Å². The van der Waals surface area contributed by atoms with Crippen LogP contribution in [0.25, 0.3) is 0 Å². The second-order valence-corrected chi connectivity index (χ2v) is 6.99. The van der Waals surface area contributed by atoms with Gasteiger partial charge in [-0.3, -0.25) is 4.90 Å². The van der Waals surface area contributed by atoms with Crippen LogP contribution in [0.4, 0.5) is 4.79 Å². The first kappa shape index (κ1) is 19.0. The van der Waals surface area contributed by atoms with Gasteiger partial charge >= 0.3 is 12.1 Å². The van der Waals surface area contributed by atoms with Gasteiger partial charge < -0.3 is 26.7 Å². The number of carboxylic acids is 1. The molecule has 0 aromatic carbocycles. The lowest BCUT2D eigenvalue weighted by Gasteiger charge is -2.31. The summed E-state index contributed by atoms with van der Waals surface area (Å²) in [5.41, 5.74) is -0.616. The van der Waals surface area contributed by atoms with Gasteiger partial charge in [-0.25, -0.2) is 9.59 Å². The summed E-state index contributed by atoms with van der Waals surface area (Å²) in [4.78, 5) is 24.7. The Bertz CT molecular complexity index is 374. The number of aliphatic carboxylic acids is 1. The van der Waals surface area contributed by atoms with Crippen LogP contribution in [0.1, 0.15) is 27.2 Å². The van der Waals surface area contributed by atoms with Crippen molar-refractivity contribution in [1.29, 1.82) is 0 Å². The molecule has 1 rings (SSSR count). The summed E-state index contributed by atoms with van der Waals surface area (Å²) in [6.07, 6.45) is -0.0891. The topological polar surface area (TPSA) is 66.8 Å². The predicted molar refractivity (Wildman–Crippen MR) is 70.8 cm³/mol. The maximum Gasteiger partial charge on any atom is 0.411 e. The molecular formula is C13H25ClN2O4. The molecule has 1 saturated heterocycles. The molecule has 1 heterocycles. The van der Waals surface area contributed by atoms with Gasteiger partial charge in [0.05, 0.1) is 27.7 Å².